The number of aliphatic carboxylic acids is 1. The minimum atomic E-state index is -1.00. The first-order chi connectivity index (χ1) is 8.81. The summed E-state index contributed by atoms with van der Waals surface area (Å²) < 4.78 is 5.23. The Labute approximate surface area is 116 Å². The Morgan fingerprint density at radius 3 is 2.42 bits per heavy atom. The largest absolute Gasteiger partial charge is 0.484 e. The number of nitrogens with one attached hydrogen (secondary N) is 1. The lowest BCUT2D eigenvalue weighted by atomic mass is 9.94. The summed E-state index contributed by atoms with van der Waals surface area (Å²) in [4.78, 5) is 22.3. The maximum atomic E-state index is 11.5. The summed E-state index contributed by atoms with van der Waals surface area (Å²) in [6.07, 6.45) is 0. The summed E-state index contributed by atoms with van der Waals surface area (Å²) in [5, 5.41) is 12.0. The van der Waals surface area contributed by atoms with Crippen molar-refractivity contribution in [3.05, 3.63) is 29.3 Å². The van der Waals surface area contributed by atoms with Gasteiger partial charge in [0, 0.05) is 11.6 Å². The Bertz CT molecular complexity index is 456. The first-order valence-corrected chi connectivity index (χ1v) is 6.07. The van der Waals surface area contributed by atoms with Gasteiger partial charge in [-0.05, 0) is 38.1 Å². The zero-order valence-electron chi connectivity index (χ0n) is 10.8. The van der Waals surface area contributed by atoms with E-state index in [1.54, 1.807) is 24.3 Å². The van der Waals surface area contributed by atoms with Crippen LogP contribution in [0.15, 0.2) is 24.3 Å². The number of carboxylic acid groups (broad SMARTS) is 1. The van der Waals surface area contributed by atoms with Crippen LogP contribution < -0.4 is 10.1 Å². The minimum absolute atomic E-state index is 0.0468. The molecule has 0 aliphatic carbocycles. The normalized spacial score (nSPS) is 10.9. The molecule has 1 rings (SSSR count). The van der Waals surface area contributed by atoms with Crippen LogP contribution in [-0.4, -0.2) is 30.1 Å². The Morgan fingerprint density at radius 2 is 1.89 bits per heavy atom. The molecule has 2 N–H and O–H groups in total. The van der Waals surface area contributed by atoms with Gasteiger partial charge >= 0.3 is 5.97 Å². The highest BCUT2D eigenvalue weighted by atomic mass is 35.5. The van der Waals surface area contributed by atoms with Crippen LogP contribution in [-0.2, 0) is 9.59 Å². The molecule has 6 heteroatoms. The number of carbonyl (C=O) groups excluding carboxylic acids is 1. The molecule has 0 fully saturated rings. The van der Waals surface area contributed by atoms with E-state index in [0.29, 0.717) is 10.8 Å². The topological polar surface area (TPSA) is 75.6 Å². The predicted molar refractivity (Wildman–Crippen MR) is 71.4 cm³/mol. The van der Waals surface area contributed by atoms with E-state index >= 15 is 0 Å². The molecule has 19 heavy (non-hydrogen) atoms. The number of benzene rings is 1. The van der Waals surface area contributed by atoms with E-state index in [-0.39, 0.29) is 19.1 Å². The van der Waals surface area contributed by atoms with Crippen molar-refractivity contribution in [2.75, 3.05) is 13.2 Å². The molecule has 1 amide bonds. The summed E-state index contributed by atoms with van der Waals surface area (Å²) in [6.45, 7) is 2.95. The monoisotopic (exact) mass is 285 g/mol. The molecule has 0 radical (unpaired) electrons. The van der Waals surface area contributed by atoms with Crippen LogP contribution in [0, 0.1) is 5.41 Å². The van der Waals surface area contributed by atoms with Gasteiger partial charge in [-0.25, -0.2) is 0 Å². The molecule has 5 nitrogen and oxygen atoms in total. The summed E-state index contributed by atoms with van der Waals surface area (Å²) in [7, 11) is 0. The first-order valence-electron chi connectivity index (χ1n) is 5.70. The highest BCUT2D eigenvalue weighted by Gasteiger charge is 2.27. The Kier molecular flexibility index (Phi) is 5.18. The van der Waals surface area contributed by atoms with Crippen LogP contribution in [0.25, 0.3) is 0 Å². The van der Waals surface area contributed by atoms with Crippen LogP contribution in [0.5, 0.6) is 5.75 Å². The van der Waals surface area contributed by atoms with Crippen LogP contribution in [0.4, 0.5) is 0 Å². The molecule has 104 valence electrons. The van der Waals surface area contributed by atoms with Gasteiger partial charge in [0.1, 0.15) is 5.75 Å². The van der Waals surface area contributed by atoms with Crippen molar-refractivity contribution in [3.8, 4) is 5.75 Å². The Morgan fingerprint density at radius 1 is 1.32 bits per heavy atom. The second-order valence-corrected chi connectivity index (χ2v) is 5.14. The predicted octanol–water partition coefficient (Wildman–Crippen LogP) is 1.95. The van der Waals surface area contributed by atoms with E-state index < -0.39 is 11.4 Å². The Hall–Kier alpha value is -1.75. The molecular formula is C13H16ClNO4. The lowest BCUT2D eigenvalue weighted by Crippen LogP contribution is -2.40. The van der Waals surface area contributed by atoms with E-state index in [1.165, 1.54) is 13.8 Å². The van der Waals surface area contributed by atoms with Crippen LogP contribution >= 0.6 is 11.6 Å². The van der Waals surface area contributed by atoms with Crippen molar-refractivity contribution >= 4 is 23.5 Å². The summed E-state index contributed by atoms with van der Waals surface area (Å²) in [6, 6.07) is 6.61. The standard InChI is InChI=1S/C13H16ClNO4/c1-13(2,12(17)18)8-15-11(16)7-19-10-5-3-9(14)4-6-10/h3-6H,7-8H2,1-2H3,(H,15,16)(H,17,18). The van der Waals surface area contributed by atoms with Gasteiger partial charge in [0.25, 0.3) is 5.91 Å². The van der Waals surface area contributed by atoms with Crippen molar-refractivity contribution in [1.29, 1.82) is 0 Å². The maximum absolute atomic E-state index is 11.5. The number of carbonyl (C=O) groups is 2. The summed E-state index contributed by atoms with van der Waals surface area (Å²) in [5.41, 5.74) is -1.00. The van der Waals surface area contributed by atoms with Crippen LogP contribution in [0.3, 0.4) is 0 Å². The van der Waals surface area contributed by atoms with Crippen molar-refractivity contribution in [2.45, 2.75) is 13.8 Å². The number of hydrogen-bond donors (Lipinski definition) is 2. The minimum Gasteiger partial charge on any atom is -0.484 e. The van der Waals surface area contributed by atoms with Gasteiger partial charge in [-0.15, -0.1) is 0 Å². The average molecular weight is 286 g/mol. The fraction of sp³-hybridized carbons (Fsp3) is 0.385. The van der Waals surface area contributed by atoms with Crippen molar-refractivity contribution in [1.82, 2.24) is 5.32 Å². The van der Waals surface area contributed by atoms with Crippen LogP contribution in [0.2, 0.25) is 5.02 Å². The molecule has 0 saturated carbocycles. The third-order valence-electron chi connectivity index (χ3n) is 2.49. The molecule has 0 aliphatic heterocycles. The van der Waals surface area contributed by atoms with E-state index in [1.807, 2.05) is 0 Å². The molecule has 0 aliphatic rings. The quantitative estimate of drug-likeness (QED) is 0.837. The van der Waals surface area contributed by atoms with E-state index in [4.69, 9.17) is 21.4 Å². The number of rotatable bonds is 6. The van der Waals surface area contributed by atoms with Crippen LogP contribution in [0.1, 0.15) is 13.8 Å². The molecule has 0 bridgehead atoms. The van der Waals surface area contributed by atoms with E-state index in [0.717, 1.165) is 0 Å². The molecule has 1 aromatic rings. The van der Waals surface area contributed by atoms with Gasteiger partial charge in [0.2, 0.25) is 0 Å². The van der Waals surface area contributed by atoms with Gasteiger partial charge in [-0.2, -0.15) is 0 Å². The van der Waals surface area contributed by atoms with Crippen molar-refractivity contribution < 1.29 is 19.4 Å². The number of ether oxygens (including phenoxy) is 1. The molecule has 0 unspecified atom stereocenters. The van der Waals surface area contributed by atoms with Gasteiger partial charge in [0.05, 0.1) is 5.41 Å². The average Bonchev–Trinajstić information content (AvgIpc) is 2.35. The highest BCUT2D eigenvalue weighted by molar-refractivity contribution is 6.30. The first kappa shape index (κ1) is 15.3. The number of halogens is 1. The fourth-order valence-electron chi connectivity index (χ4n) is 1.13. The number of carboxylic acids is 1. The number of hydrogen-bond acceptors (Lipinski definition) is 3. The third-order valence-corrected chi connectivity index (χ3v) is 2.74. The highest BCUT2D eigenvalue weighted by Crippen LogP contribution is 2.15. The van der Waals surface area contributed by atoms with Gasteiger partial charge in [0.15, 0.2) is 6.61 Å². The zero-order valence-corrected chi connectivity index (χ0v) is 11.5. The molecule has 0 aromatic heterocycles. The fourth-order valence-corrected chi connectivity index (χ4v) is 1.25. The lowest BCUT2D eigenvalue weighted by Gasteiger charge is -2.19. The summed E-state index contributed by atoms with van der Waals surface area (Å²) >= 11 is 5.71. The van der Waals surface area contributed by atoms with Crippen molar-refractivity contribution in [2.24, 2.45) is 5.41 Å². The zero-order chi connectivity index (χ0) is 14.5. The molecule has 0 atom stereocenters. The summed E-state index contributed by atoms with van der Waals surface area (Å²) in [5.74, 6) is -0.812. The van der Waals surface area contributed by atoms with Gasteiger partial charge < -0.3 is 15.2 Å². The van der Waals surface area contributed by atoms with Crippen molar-refractivity contribution in [3.63, 3.8) is 0 Å². The molecule has 0 heterocycles. The second-order valence-electron chi connectivity index (χ2n) is 4.71. The second kappa shape index (κ2) is 6.43. The van der Waals surface area contributed by atoms with E-state index in [9.17, 15) is 9.59 Å². The van der Waals surface area contributed by atoms with E-state index in [2.05, 4.69) is 5.32 Å². The lowest BCUT2D eigenvalue weighted by molar-refractivity contribution is -0.146. The SMILES string of the molecule is CC(C)(CNC(=O)COc1ccc(Cl)cc1)C(=O)O. The molecule has 0 spiro atoms. The molecule has 1 aromatic carbocycles. The maximum Gasteiger partial charge on any atom is 0.310 e. The molecular weight excluding hydrogens is 270 g/mol. The smallest absolute Gasteiger partial charge is 0.310 e. The number of amides is 1. The Balaban J connectivity index is 2.36. The third kappa shape index (κ3) is 5.18. The molecule has 0 saturated heterocycles. The van der Waals surface area contributed by atoms with Gasteiger partial charge in [-0.3, -0.25) is 9.59 Å². The van der Waals surface area contributed by atoms with Gasteiger partial charge in [-0.1, -0.05) is 11.6 Å².